The van der Waals surface area contributed by atoms with E-state index < -0.39 is 10.0 Å². The van der Waals surface area contributed by atoms with Gasteiger partial charge in [0.15, 0.2) is 0 Å². The lowest BCUT2D eigenvalue weighted by Crippen LogP contribution is -2.48. The van der Waals surface area contributed by atoms with E-state index in [-0.39, 0.29) is 27.2 Å². The van der Waals surface area contributed by atoms with Gasteiger partial charge in [0, 0.05) is 43.1 Å². The molecule has 0 aromatic heterocycles. The highest BCUT2D eigenvalue weighted by atomic mass is 35.5. The summed E-state index contributed by atoms with van der Waals surface area (Å²) in [6.45, 7) is 4.00. The van der Waals surface area contributed by atoms with E-state index in [2.05, 4.69) is 9.62 Å². The van der Waals surface area contributed by atoms with Gasteiger partial charge in [-0.05, 0) is 61.5 Å². The third-order valence-electron chi connectivity index (χ3n) is 5.53. The molecule has 1 fully saturated rings. The van der Waals surface area contributed by atoms with E-state index in [1.54, 1.807) is 41.3 Å². The molecule has 0 unspecified atom stereocenters. The topological polar surface area (TPSA) is 69.7 Å². The Morgan fingerprint density at radius 3 is 2.21 bits per heavy atom. The predicted octanol–water partition coefficient (Wildman–Crippen LogP) is 4.55. The minimum absolute atomic E-state index is 0.0345. The SMILES string of the molecule is Cc1ccc(NS(=O)(=O)c2cc(C(=O)N3CCN(c4ccc(F)cc4)CC3)ccc2Cl)cc1. The van der Waals surface area contributed by atoms with Crippen LogP contribution in [-0.2, 0) is 10.0 Å². The number of sulfonamides is 1. The van der Waals surface area contributed by atoms with Gasteiger partial charge < -0.3 is 9.80 Å². The Morgan fingerprint density at radius 2 is 1.58 bits per heavy atom. The van der Waals surface area contributed by atoms with Gasteiger partial charge in [0.1, 0.15) is 10.7 Å². The first-order chi connectivity index (χ1) is 15.7. The summed E-state index contributed by atoms with van der Waals surface area (Å²) in [5.74, 6) is -0.560. The van der Waals surface area contributed by atoms with E-state index in [0.29, 0.717) is 31.9 Å². The number of rotatable bonds is 5. The van der Waals surface area contributed by atoms with Crippen LogP contribution in [-0.4, -0.2) is 45.4 Å². The number of anilines is 2. The number of amides is 1. The molecule has 4 rings (SSSR count). The van der Waals surface area contributed by atoms with Crippen molar-refractivity contribution in [1.29, 1.82) is 0 Å². The molecule has 9 heteroatoms. The molecular formula is C24H23ClFN3O3S. The first kappa shape index (κ1) is 23.1. The van der Waals surface area contributed by atoms with Crippen LogP contribution in [0.5, 0.6) is 0 Å². The molecule has 1 aliphatic heterocycles. The van der Waals surface area contributed by atoms with Crippen molar-refractivity contribution in [2.75, 3.05) is 35.8 Å². The molecule has 33 heavy (non-hydrogen) atoms. The fourth-order valence-electron chi connectivity index (χ4n) is 3.68. The average Bonchev–Trinajstić information content (AvgIpc) is 2.81. The Labute approximate surface area is 197 Å². The van der Waals surface area contributed by atoms with Gasteiger partial charge in [0.2, 0.25) is 0 Å². The van der Waals surface area contributed by atoms with E-state index in [1.165, 1.54) is 30.3 Å². The number of halogens is 2. The molecule has 1 amide bonds. The quantitative estimate of drug-likeness (QED) is 0.573. The van der Waals surface area contributed by atoms with Crippen LogP contribution in [0.25, 0.3) is 0 Å². The molecule has 0 aliphatic carbocycles. The molecule has 172 valence electrons. The molecule has 1 saturated heterocycles. The number of piperazine rings is 1. The molecule has 6 nitrogen and oxygen atoms in total. The number of nitrogens with zero attached hydrogens (tertiary/aromatic N) is 2. The van der Waals surface area contributed by atoms with Crippen molar-refractivity contribution >= 4 is 38.9 Å². The Kier molecular flexibility index (Phi) is 6.58. The van der Waals surface area contributed by atoms with Crippen LogP contribution < -0.4 is 9.62 Å². The number of carbonyl (C=O) groups is 1. The van der Waals surface area contributed by atoms with Crippen LogP contribution in [0.4, 0.5) is 15.8 Å². The van der Waals surface area contributed by atoms with E-state index in [0.717, 1.165) is 11.3 Å². The molecule has 0 saturated carbocycles. The first-order valence-corrected chi connectivity index (χ1v) is 12.3. The fraction of sp³-hybridized carbons (Fsp3) is 0.208. The Balaban J connectivity index is 1.48. The van der Waals surface area contributed by atoms with Gasteiger partial charge in [-0.25, -0.2) is 12.8 Å². The lowest BCUT2D eigenvalue weighted by Gasteiger charge is -2.36. The summed E-state index contributed by atoms with van der Waals surface area (Å²) in [7, 11) is -3.98. The maximum atomic E-state index is 13.2. The molecule has 0 spiro atoms. The number of hydrogen-bond donors (Lipinski definition) is 1. The van der Waals surface area contributed by atoms with Crippen molar-refractivity contribution in [2.45, 2.75) is 11.8 Å². The molecule has 0 bridgehead atoms. The number of nitrogens with one attached hydrogen (secondary N) is 1. The second-order valence-electron chi connectivity index (χ2n) is 7.87. The normalized spacial score (nSPS) is 14.3. The van der Waals surface area contributed by atoms with E-state index >= 15 is 0 Å². The standard InChI is InChI=1S/C24H23ClFN3O3S/c1-17-2-7-20(8-3-17)27-33(31,32)23-16-18(4-11-22(23)25)24(30)29-14-12-28(13-15-29)21-9-5-19(26)6-10-21/h2-11,16,27H,12-15H2,1H3. The predicted molar refractivity (Wildman–Crippen MR) is 128 cm³/mol. The van der Waals surface area contributed by atoms with Crippen LogP contribution in [0, 0.1) is 12.7 Å². The Hall–Kier alpha value is -3.10. The molecule has 1 heterocycles. The van der Waals surface area contributed by atoms with Crippen LogP contribution in [0.1, 0.15) is 15.9 Å². The van der Waals surface area contributed by atoms with E-state index in [9.17, 15) is 17.6 Å². The molecule has 3 aromatic rings. The van der Waals surface area contributed by atoms with Gasteiger partial charge in [-0.15, -0.1) is 0 Å². The van der Waals surface area contributed by atoms with Crippen molar-refractivity contribution < 1.29 is 17.6 Å². The summed E-state index contributed by atoms with van der Waals surface area (Å²) in [4.78, 5) is 16.7. The van der Waals surface area contributed by atoms with Crippen molar-refractivity contribution in [3.05, 3.63) is 88.7 Å². The molecule has 1 N–H and O–H groups in total. The second-order valence-corrected chi connectivity index (χ2v) is 9.93. The molecule has 1 aliphatic rings. The largest absolute Gasteiger partial charge is 0.368 e. The summed E-state index contributed by atoms with van der Waals surface area (Å²) in [5, 5.41) is 0.0345. The highest BCUT2D eigenvalue weighted by molar-refractivity contribution is 7.92. The fourth-order valence-corrected chi connectivity index (χ4v) is 5.26. The summed E-state index contributed by atoms with van der Waals surface area (Å²) in [5.41, 5.74) is 2.55. The molecular weight excluding hydrogens is 465 g/mol. The summed E-state index contributed by atoms with van der Waals surface area (Å²) in [6, 6.07) is 17.4. The molecule has 0 atom stereocenters. The zero-order valence-electron chi connectivity index (χ0n) is 18.0. The van der Waals surface area contributed by atoms with Gasteiger partial charge in [-0.1, -0.05) is 29.3 Å². The Bertz CT molecular complexity index is 1260. The lowest BCUT2D eigenvalue weighted by atomic mass is 10.1. The monoisotopic (exact) mass is 487 g/mol. The van der Waals surface area contributed by atoms with E-state index in [4.69, 9.17) is 11.6 Å². The number of hydrogen-bond acceptors (Lipinski definition) is 4. The highest BCUT2D eigenvalue weighted by Crippen LogP contribution is 2.26. The zero-order valence-corrected chi connectivity index (χ0v) is 19.5. The second kappa shape index (κ2) is 9.41. The van der Waals surface area contributed by atoms with Gasteiger partial charge in [-0.3, -0.25) is 9.52 Å². The van der Waals surface area contributed by atoms with Gasteiger partial charge in [-0.2, -0.15) is 0 Å². The Morgan fingerprint density at radius 1 is 0.939 bits per heavy atom. The van der Waals surface area contributed by atoms with Crippen molar-refractivity contribution in [3.8, 4) is 0 Å². The van der Waals surface area contributed by atoms with Gasteiger partial charge in [0.05, 0.1) is 5.02 Å². The van der Waals surface area contributed by atoms with Crippen LogP contribution in [0.2, 0.25) is 5.02 Å². The van der Waals surface area contributed by atoms with Crippen molar-refractivity contribution in [2.24, 2.45) is 0 Å². The number of aryl methyl sites for hydroxylation is 1. The third-order valence-corrected chi connectivity index (χ3v) is 7.39. The number of carbonyl (C=O) groups excluding carboxylic acids is 1. The molecule has 0 radical (unpaired) electrons. The minimum Gasteiger partial charge on any atom is -0.368 e. The van der Waals surface area contributed by atoms with Crippen LogP contribution in [0.3, 0.4) is 0 Å². The minimum atomic E-state index is -3.98. The van der Waals surface area contributed by atoms with Crippen LogP contribution >= 0.6 is 11.6 Å². The first-order valence-electron chi connectivity index (χ1n) is 10.4. The smallest absolute Gasteiger partial charge is 0.263 e. The van der Waals surface area contributed by atoms with E-state index in [1.807, 2.05) is 6.92 Å². The highest BCUT2D eigenvalue weighted by Gasteiger charge is 2.25. The van der Waals surface area contributed by atoms with Crippen molar-refractivity contribution in [3.63, 3.8) is 0 Å². The molecule has 3 aromatic carbocycles. The maximum absolute atomic E-state index is 13.2. The van der Waals surface area contributed by atoms with Gasteiger partial charge >= 0.3 is 0 Å². The van der Waals surface area contributed by atoms with Crippen LogP contribution in [0.15, 0.2) is 71.6 Å². The van der Waals surface area contributed by atoms with Crippen molar-refractivity contribution in [1.82, 2.24) is 4.90 Å². The zero-order chi connectivity index (χ0) is 23.6. The summed E-state index contributed by atoms with van der Waals surface area (Å²) >= 11 is 6.18. The summed E-state index contributed by atoms with van der Waals surface area (Å²) in [6.07, 6.45) is 0. The third kappa shape index (κ3) is 5.29. The van der Waals surface area contributed by atoms with Gasteiger partial charge in [0.25, 0.3) is 15.9 Å². The maximum Gasteiger partial charge on any atom is 0.263 e. The summed E-state index contributed by atoms with van der Waals surface area (Å²) < 4.78 is 41.5. The number of benzene rings is 3. The lowest BCUT2D eigenvalue weighted by molar-refractivity contribution is 0.0746. The average molecular weight is 488 g/mol.